The molecule has 4 N–H and O–H groups in total. The molecule has 0 saturated heterocycles. The second-order valence-corrected chi connectivity index (χ2v) is 6.63. The van der Waals surface area contributed by atoms with Gasteiger partial charge in [0.05, 0.1) is 12.0 Å². The van der Waals surface area contributed by atoms with Crippen LogP contribution in [0.3, 0.4) is 0 Å². The smallest absolute Gasteiger partial charge is 0.227 e. The van der Waals surface area contributed by atoms with Crippen LogP contribution in [0.25, 0.3) is 0 Å². The number of fused-ring (bicyclic) bond motifs is 1. The molecule has 0 spiro atoms. The first-order valence-corrected chi connectivity index (χ1v) is 8.41. The van der Waals surface area contributed by atoms with Crippen molar-refractivity contribution < 1.29 is 9.90 Å². The molecule has 0 heterocycles. The van der Waals surface area contributed by atoms with Crippen LogP contribution in [-0.2, 0) is 17.8 Å². The number of benzene rings is 2. The van der Waals surface area contributed by atoms with Gasteiger partial charge < -0.3 is 16.2 Å². The maximum absolute atomic E-state index is 11.6. The van der Waals surface area contributed by atoms with Gasteiger partial charge in [0.15, 0.2) is 0 Å². The van der Waals surface area contributed by atoms with Gasteiger partial charge in [-0.3, -0.25) is 4.79 Å². The molecule has 3 rings (SSSR count). The van der Waals surface area contributed by atoms with Crippen LogP contribution in [-0.4, -0.2) is 23.7 Å². The van der Waals surface area contributed by atoms with Gasteiger partial charge in [0.25, 0.3) is 0 Å². The lowest BCUT2D eigenvalue weighted by Crippen LogP contribution is -2.28. The minimum Gasteiger partial charge on any atom is -0.392 e. The van der Waals surface area contributed by atoms with Crippen LogP contribution in [0, 0.1) is 0 Å². The number of hydrogen-bond donors (Lipinski definition) is 3. The van der Waals surface area contributed by atoms with E-state index in [2.05, 4.69) is 42.6 Å². The van der Waals surface area contributed by atoms with Gasteiger partial charge in [-0.1, -0.05) is 55.5 Å². The summed E-state index contributed by atoms with van der Waals surface area (Å²) in [7, 11) is 0. The van der Waals surface area contributed by atoms with Crippen LogP contribution >= 0.6 is 0 Å². The van der Waals surface area contributed by atoms with Crippen molar-refractivity contribution in [1.82, 2.24) is 5.32 Å². The lowest BCUT2D eigenvalue weighted by molar-refractivity contribution is -0.121. The number of carbonyl (C=O) groups excluding carboxylic acids is 1. The lowest BCUT2D eigenvalue weighted by Gasteiger charge is -2.14. The Hall–Kier alpha value is -2.17. The van der Waals surface area contributed by atoms with E-state index in [1.165, 1.54) is 5.56 Å². The lowest BCUT2D eigenvalue weighted by atomic mass is 9.97. The van der Waals surface area contributed by atoms with Gasteiger partial charge in [-0.15, -0.1) is 0 Å². The van der Waals surface area contributed by atoms with Crippen LogP contribution in [0.1, 0.15) is 41.0 Å². The zero-order valence-electron chi connectivity index (χ0n) is 13.9. The molecule has 0 fully saturated rings. The highest BCUT2D eigenvalue weighted by atomic mass is 16.3. The molecular formula is C20H24N2O2. The molecule has 2 aromatic carbocycles. The van der Waals surface area contributed by atoms with Gasteiger partial charge in [0.1, 0.15) is 0 Å². The van der Waals surface area contributed by atoms with Gasteiger partial charge in [0, 0.05) is 13.1 Å². The number of nitrogens with one attached hydrogen (secondary N) is 1. The van der Waals surface area contributed by atoms with Crippen molar-refractivity contribution in [3.8, 4) is 0 Å². The monoisotopic (exact) mass is 324 g/mol. The molecule has 4 nitrogen and oxygen atoms in total. The van der Waals surface area contributed by atoms with Gasteiger partial charge in [-0.25, -0.2) is 0 Å². The molecule has 0 saturated carbocycles. The molecule has 2 aromatic rings. The number of nitrogens with two attached hydrogens (primary N) is 1. The number of aliphatic hydroxyl groups is 1. The highest BCUT2D eigenvalue weighted by Gasteiger charge is 2.35. The van der Waals surface area contributed by atoms with Crippen molar-refractivity contribution in [3.05, 3.63) is 70.8 Å². The first-order valence-electron chi connectivity index (χ1n) is 8.41. The summed E-state index contributed by atoms with van der Waals surface area (Å²) in [5, 5.41) is 13.5. The van der Waals surface area contributed by atoms with Crippen LogP contribution in [0.4, 0.5) is 0 Å². The first-order chi connectivity index (χ1) is 11.6. The maximum Gasteiger partial charge on any atom is 0.227 e. The number of primary amides is 1. The van der Waals surface area contributed by atoms with E-state index >= 15 is 0 Å². The summed E-state index contributed by atoms with van der Waals surface area (Å²) in [6.45, 7) is 3.81. The molecule has 0 radical (unpaired) electrons. The third kappa shape index (κ3) is 3.50. The summed E-state index contributed by atoms with van der Waals surface area (Å²) in [6.07, 6.45) is -0.194. The average molecular weight is 324 g/mol. The fraction of sp³-hybridized carbons (Fsp3) is 0.350. The third-order valence-electron chi connectivity index (χ3n) is 4.81. The van der Waals surface area contributed by atoms with E-state index in [0.717, 1.165) is 29.8 Å². The van der Waals surface area contributed by atoms with E-state index in [1.807, 2.05) is 18.2 Å². The van der Waals surface area contributed by atoms with Gasteiger partial charge >= 0.3 is 0 Å². The highest BCUT2D eigenvalue weighted by Crippen LogP contribution is 2.33. The Kier molecular flexibility index (Phi) is 4.97. The van der Waals surface area contributed by atoms with Crippen LogP contribution < -0.4 is 11.1 Å². The second kappa shape index (κ2) is 7.16. The van der Waals surface area contributed by atoms with Crippen molar-refractivity contribution in [2.45, 2.75) is 37.8 Å². The molecule has 0 aliphatic heterocycles. The molecule has 4 heteroatoms. The van der Waals surface area contributed by atoms with Crippen molar-refractivity contribution in [1.29, 1.82) is 0 Å². The van der Waals surface area contributed by atoms with Crippen LogP contribution in [0.15, 0.2) is 48.5 Å². The van der Waals surface area contributed by atoms with Crippen molar-refractivity contribution in [2.24, 2.45) is 5.73 Å². The van der Waals surface area contributed by atoms with Crippen LogP contribution in [0.5, 0.6) is 0 Å². The normalized spacial score (nSPS) is 20.6. The Morgan fingerprint density at radius 1 is 1.29 bits per heavy atom. The Bertz CT molecular complexity index is 715. The summed E-state index contributed by atoms with van der Waals surface area (Å²) < 4.78 is 0. The van der Waals surface area contributed by atoms with E-state index in [0.29, 0.717) is 12.3 Å². The Morgan fingerprint density at radius 2 is 2.04 bits per heavy atom. The van der Waals surface area contributed by atoms with E-state index in [4.69, 9.17) is 5.73 Å². The standard InChI is InChI=1S/C20H24N2O2/c1-13(15-5-3-2-4-6-15)11-22-12-14-7-8-16-10-18(23)19(20(21)24)17(16)9-14/h2-9,13,18-19,22-23H,10-12H2,1H3,(H2,21,24)/t13?,18-,19-/m1/s1. The largest absolute Gasteiger partial charge is 0.392 e. The molecular weight excluding hydrogens is 300 g/mol. The molecule has 0 bridgehead atoms. The summed E-state index contributed by atoms with van der Waals surface area (Å²) >= 11 is 0. The Labute approximate surface area is 142 Å². The SMILES string of the molecule is CC(CNCc1ccc2c(c1)[C@@H](C(N)=O)[C@H](O)C2)c1ccccc1. The van der Waals surface area contributed by atoms with Crippen molar-refractivity contribution in [2.75, 3.05) is 6.54 Å². The molecule has 0 aromatic heterocycles. The fourth-order valence-corrected chi connectivity index (χ4v) is 3.46. The molecule has 126 valence electrons. The number of rotatable bonds is 6. The predicted octanol–water partition coefficient (Wildman–Crippen LogP) is 2.07. The van der Waals surface area contributed by atoms with Gasteiger partial charge in [0.2, 0.25) is 5.91 Å². The quantitative estimate of drug-likeness (QED) is 0.761. The third-order valence-corrected chi connectivity index (χ3v) is 4.81. The van der Waals surface area contributed by atoms with E-state index < -0.39 is 17.9 Å². The van der Waals surface area contributed by atoms with Crippen molar-refractivity contribution in [3.63, 3.8) is 0 Å². The summed E-state index contributed by atoms with van der Waals surface area (Å²) in [5.74, 6) is -0.604. The zero-order chi connectivity index (χ0) is 17.1. The topological polar surface area (TPSA) is 75.3 Å². The Balaban J connectivity index is 1.62. The Morgan fingerprint density at radius 3 is 2.75 bits per heavy atom. The number of aliphatic hydroxyl groups excluding tert-OH is 1. The van der Waals surface area contributed by atoms with E-state index in [1.54, 1.807) is 0 Å². The molecule has 3 atom stereocenters. The highest BCUT2D eigenvalue weighted by molar-refractivity contribution is 5.84. The molecule has 1 unspecified atom stereocenters. The summed E-state index contributed by atoms with van der Waals surface area (Å²) in [5.41, 5.74) is 9.77. The number of carbonyl (C=O) groups is 1. The van der Waals surface area contributed by atoms with E-state index in [-0.39, 0.29) is 0 Å². The fourth-order valence-electron chi connectivity index (χ4n) is 3.46. The first kappa shape index (κ1) is 16.7. The zero-order valence-corrected chi connectivity index (χ0v) is 13.9. The van der Waals surface area contributed by atoms with Gasteiger partial charge in [-0.2, -0.15) is 0 Å². The molecule has 1 aliphatic carbocycles. The maximum atomic E-state index is 11.6. The molecule has 1 amide bonds. The summed E-state index contributed by atoms with van der Waals surface area (Å²) in [4.78, 5) is 11.6. The van der Waals surface area contributed by atoms with Crippen molar-refractivity contribution >= 4 is 5.91 Å². The molecule has 1 aliphatic rings. The molecule has 24 heavy (non-hydrogen) atoms. The second-order valence-electron chi connectivity index (χ2n) is 6.63. The average Bonchev–Trinajstić information content (AvgIpc) is 2.90. The summed E-state index contributed by atoms with van der Waals surface area (Å²) in [6, 6.07) is 16.5. The minimum atomic E-state index is -0.696. The van der Waals surface area contributed by atoms with E-state index in [9.17, 15) is 9.90 Å². The van der Waals surface area contributed by atoms with Crippen LogP contribution in [0.2, 0.25) is 0 Å². The minimum absolute atomic E-state index is 0.431. The number of amides is 1. The number of hydrogen-bond acceptors (Lipinski definition) is 3. The van der Waals surface area contributed by atoms with Gasteiger partial charge in [-0.05, 0) is 34.6 Å². The predicted molar refractivity (Wildman–Crippen MR) is 94.7 cm³/mol.